The first-order valence-electron chi connectivity index (χ1n) is 7.52. The number of carbonyl (C=O) groups is 2. The summed E-state index contributed by atoms with van der Waals surface area (Å²) < 4.78 is 1.68. The molecule has 1 aromatic heterocycles. The van der Waals surface area contributed by atoms with Gasteiger partial charge in [0.25, 0.3) is 0 Å². The zero-order chi connectivity index (χ0) is 17.5. The van der Waals surface area contributed by atoms with Crippen LogP contribution in [-0.2, 0) is 16.1 Å². The minimum atomic E-state index is -0.749. The van der Waals surface area contributed by atoms with E-state index in [1.807, 2.05) is 36.4 Å². The number of anilines is 1. The first-order valence-corrected chi connectivity index (χ1v) is 7.52. The van der Waals surface area contributed by atoms with Crippen molar-refractivity contribution in [3.8, 4) is 6.07 Å². The van der Waals surface area contributed by atoms with Crippen LogP contribution in [0.2, 0.25) is 0 Å². The van der Waals surface area contributed by atoms with Crippen LogP contribution < -0.4 is 5.32 Å². The molecule has 2 rings (SSSR count). The van der Waals surface area contributed by atoms with Crippen molar-refractivity contribution in [2.24, 2.45) is 0 Å². The number of aromatic nitrogens is 2. The molecule has 0 radical (unpaired) electrons. The number of hydrogen-bond acceptors (Lipinski definition) is 4. The third kappa shape index (κ3) is 4.43. The highest BCUT2D eigenvalue weighted by Gasteiger charge is 2.23. The lowest BCUT2D eigenvalue weighted by atomic mass is 10.2. The Hall–Kier alpha value is -3.14. The highest BCUT2D eigenvalue weighted by atomic mass is 16.2. The quantitative estimate of drug-likeness (QED) is 0.846. The van der Waals surface area contributed by atoms with E-state index in [-0.39, 0.29) is 12.5 Å². The van der Waals surface area contributed by atoms with Gasteiger partial charge in [0, 0.05) is 19.3 Å². The molecule has 1 atom stereocenters. The third-order valence-electron chi connectivity index (χ3n) is 3.64. The molecule has 0 saturated carbocycles. The van der Waals surface area contributed by atoms with Crippen molar-refractivity contribution in [1.29, 1.82) is 5.26 Å². The molecule has 1 aromatic carbocycles. The van der Waals surface area contributed by atoms with Gasteiger partial charge in [-0.15, -0.1) is 0 Å². The standard InChI is InChI=1S/C17H19N5O2/c1-13(8-9-18)21(2)17(24)16(23)20-15-10-19-22(12-15)11-14-6-4-3-5-7-14/h3-7,10,12-13H,8,11H2,1-2H3,(H,20,23). The van der Waals surface area contributed by atoms with Crippen molar-refractivity contribution >= 4 is 17.5 Å². The predicted octanol–water partition coefficient (Wildman–Crippen LogP) is 1.63. The summed E-state index contributed by atoms with van der Waals surface area (Å²) in [4.78, 5) is 25.3. The van der Waals surface area contributed by atoms with Gasteiger partial charge in [0.05, 0.1) is 30.9 Å². The lowest BCUT2D eigenvalue weighted by molar-refractivity contribution is -0.143. The van der Waals surface area contributed by atoms with E-state index in [9.17, 15) is 9.59 Å². The van der Waals surface area contributed by atoms with Gasteiger partial charge < -0.3 is 10.2 Å². The fraction of sp³-hybridized carbons (Fsp3) is 0.294. The summed E-state index contributed by atoms with van der Waals surface area (Å²) in [6.07, 6.45) is 3.33. The molecule has 7 nitrogen and oxygen atoms in total. The van der Waals surface area contributed by atoms with E-state index in [1.54, 1.807) is 17.8 Å². The molecule has 1 N–H and O–H groups in total. The molecule has 2 amide bonds. The minimum Gasteiger partial charge on any atom is -0.334 e. The molecule has 2 aromatic rings. The second-order valence-electron chi connectivity index (χ2n) is 5.49. The van der Waals surface area contributed by atoms with Gasteiger partial charge in [0.1, 0.15) is 0 Å². The van der Waals surface area contributed by atoms with Crippen LogP contribution in [0.5, 0.6) is 0 Å². The van der Waals surface area contributed by atoms with Gasteiger partial charge in [-0.1, -0.05) is 30.3 Å². The second-order valence-corrected chi connectivity index (χ2v) is 5.49. The molecule has 0 aliphatic rings. The van der Waals surface area contributed by atoms with Crippen LogP contribution in [0.25, 0.3) is 0 Å². The highest BCUT2D eigenvalue weighted by molar-refractivity contribution is 6.39. The Morgan fingerprint density at radius 2 is 2.08 bits per heavy atom. The van der Waals surface area contributed by atoms with Crippen LogP contribution in [0.3, 0.4) is 0 Å². The summed E-state index contributed by atoms with van der Waals surface area (Å²) in [6, 6.07) is 11.4. The third-order valence-corrected chi connectivity index (χ3v) is 3.64. The Kier molecular flexibility index (Phi) is 5.68. The zero-order valence-corrected chi connectivity index (χ0v) is 13.6. The maximum Gasteiger partial charge on any atom is 0.313 e. The molecule has 0 aliphatic heterocycles. The van der Waals surface area contributed by atoms with Gasteiger partial charge in [0.2, 0.25) is 0 Å². The van der Waals surface area contributed by atoms with E-state index in [2.05, 4.69) is 10.4 Å². The van der Waals surface area contributed by atoms with Crippen LogP contribution >= 0.6 is 0 Å². The highest BCUT2D eigenvalue weighted by Crippen LogP contribution is 2.09. The molecular formula is C17H19N5O2. The summed E-state index contributed by atoms with van der Waals surface area (Å²) in [7, 11) is 1.50. The summed E-state index contributed by atoms with van der Waals surface area (Å²) >= 11 is 0. The number of nitrogens with zero attached hydrogens (tertiary/aromatic N) is 4. The number of hydrogen-bond donors (Lipinski definition) is 1. The monoisotopic (exact) mass is 325 g/mol. The Morgan fingerprint density at radius 3 is 2.75 bits per heavy atom. The van der Waals surface area contributed by atoms with Crippen molar-refractivity contribution in [3.63, 3.8) is 0 Å². The number of nitriles is 1. The van der Waals surface area contributed by atoms with Gasteiger partial charge in [-0.3, -0.25) is 14.3 Å². The first kappa shape index (κ1) is 17.2. The number of benzene rings is 1. The van der Waals surface area contributed by atoms with Gasteiger partial charge in [-0.25, -0.2) is 0 Å². The lowest BCUT2D eigenvalue weighted by Gasteiger charge is -2.21. The molecule has 24 heavy (non-hydrogen) atoms. The van der Waals surface area contributed by atoms with Crippen molar-refractivity contribution in [1.82, 2.24) is 14.7 Å². The molecule has 0 saturated heterocycles. The molecule has 1 heterocycles. The smallest absolute Gasteiger partial charge is 0.313 e. The summed E-state index contributed by atoms with van der Waals surface area (Å²) in [5.41, 5.74) is 1.53. The lowest BCUT2D eigenvalue weighted by Crippen LogP contribution is -2.41. The van der Waals surface area contributed by atoms with Gasteiger partial charge >= 0.3 is 11.8 Å². The van der Waals surface area contributed by atoms with E-state index in [1.165, 1.54) is 18.1 Å². The average Bonchev–Trinajstić information content (AvgIpc) is 3.01. The Bertz CT molecular complexity index is 748. The molecule has 1 unspecified atom stereocenters. The number of amides is 2. The largest absolute Gasteiger partial charge is 0.334 e. The Morgan fingerprint density at radius 1 is 1.38 bits per heavy atom. The SMILES string of the molecule is CC(CC#N)N(C)C(=O)C(=O)Nc1cnn(Cc2ccccc2)c1. The van der Waals surface area contributed by atoms with Crippen molar-refractivity contribution < 1.29 is 9.59 Å². The van der Waals surface area contributed by atoms with Crippen molar-refractivity contribution in [3.05, 3.63) is 48.3 Å². The number of likely N-dealkylation sites (N-methyl/N-ethyl adjacent to an activating group) is 1. The van der Waals surface area contributed by atoms with Crippen LogP contribution in [0, 0.1) is 11.3 Å². The molecule has 0 bridgehead atoms. The number of nitrogens with one attached hydrogen (secondary N) is 1. The van der Waals surface area contributed by atoms with Crippen LogP contribution in [0.15, 0.2) is 42.7 Å². The zero-order valence-electron chi connectivity index (χ0n) is 13.6. The molecule has 0 fully saturated rings. The molecular weight excluding hydrogens is 306 g/mol. The molecule has 0 aliphatic carbocycles. The van der Waals surface area contributed by atoms with Gasteiger partial charge in [-0.05, 0) is 12.5 Å². The molecule has 124 valence electrons. The topological polar surface area (TPSA) is 91.0 Å². The first-order chi connectivity index (χ1) is 11.5. The van der Waals surface area contributed by atoms with Crippen LogP contribution in [0.4, 0.5) is 5.69 Å². The van der Waals surface area contributed by atoms with Gasteiger partial charge in [0.15, 0.2) is 0 Å². The van der Waals surface area contributed by atoms with Gasteiger partial charge in [-0.2, -0.15) is 10.4 Å². The fourth-order valence-electron chi connectivity index (χ4n) is 2.10. The molecule has 0 spiro atoms. The van der Waals surface area contributed by atoms with Crippen molar-refractivity contribution in [2.75, 3.05) is 12.4 Å². The van der Waals surface area contributed by atoms with E-state index < -0.39 is 11.8 Å². The van der Waals surface area contributed by atoms with Crippen LogP contribution in [-0.4, -0.2) is 39.6 Å². The summed E-state index contributed by atoms with van der Waals surface area (Å²) in [5, 5.41) is 15.4. The summed E-state index contributed by atoms with van der Waals surface area (Å²) in [5.74, 6) is -1.44. The Balaban J connectivity index is 1.95. The molecule has 7 heteroatoms. The maximum atomic E-state index is 12.0. The Labute approximate surface area is 140 Å². The fourth-order valence-corrected chi connectivity index (χ4v) is 2.10. The summed E-state index contributed by atoms with van der Waals surface area (Å²) in [6.45, 7) is 2.29. The second kappa shape index (κ2) is 7.92. The predicted molar refractivity (Wildman–Crippen MR) is 88.9 cm³/mol. The van der Waals surface area contributed by atoms with E-state index in [0.29, 0.717) is 12.2 Å². The number of rotatable bonds is 5. The van der Waals surface area contributed by atoms with E-state index in [0.717, 1.165) is 5.56 Å². The van der Waals surface area contributed by atoms with Crippen molar-refractivity contribution in [2.45, 2.75) is 25.9 Å². The van der Waals surface area contributed by atoms with E-state index in [4.69, 9.17) is 5.26 Å². The maximum absolute atomic E-state index is 12.0. The normalized spacial score (nSPS) is 11.4. The van der Waals surface area contributed by atoms with Crippen LogP contribution in [0.1, 0.15) is 18.9 Å². The average molecular weight is 325 g/mol. The minimum absolute atomic E-state index is 0.171. The van der Waals surface area contributed by atoms with E-state index >= 15 is 0 Å². The number of carbonyl (C=O) groups excluding carboxylic acids is 2.